The zero-order valence-corrected chi connectivity index (χ0v) is 19.9. The largest absolute Gasteiger partial charge is 0.452 e. The standard InChI is InChI=1S/C25H25BrN2O5/c1-2-15-12-17(26)9-11-21(15)27-22(29)14-33-25(32)16-8-10-19-20(13-16)24(31)28(23(19)30)18-6-4-3-5-7-18/h8-13,18H,2-7,14H2,1H3,(H,27,29). The van der Waals surface area contributed by atoms with E-state index in [0.29, 0.717) is 11.3 Å². The summed E-state index contributed by atoms with van der Waals surface area (Å²) in [4.78, 5) is 51.9. The van der Waals surface area contributed by atoms with Gasteiger partial charge in [-0.05, 0) is 61.2 Å². The van der Waals surface area contributed by atoms with Crippen LogP contribution >= 0.6 is 15.9 Å². The third-order valence-corrected chi connectivity index (χ3v) is 6.64. The summed E-state index contributed by atoms with van der Waals surface area (Å²) < 4.78 is 6.07. The minimum absolute atomic E-state index is 0.0862. The molecule has 7 nitrogen and oxygen atoms in total. The van der Waals surface area contributed by atoms with Gasteiger partial charge >= 0.3 is 5.97 Å². The van der Waals surface area contributed by atoms with Crippen LogP contribution in [0.5, 0.6) is 0 Å². The van der Waals surface area contributed by atoms with Crippen molar-refractivity contribution in [2.75, 3.05) is 11.9 Å². The van der Waals surface area contributed by atoms with Crippen molar-refractivity contribution in [1.82, 2.24) is 4.90 Å². The van der Waals surface area contributed by atoms with Gasteiger partial charge in [0.1, 0.15) is 0 Å². The highest BCUT2D eigenvalue weighted by Gasteiger charge is 2.40. The molecule has 0 unspecified atom stereocenters. The third-order valence-electron chi connectivity index (χ3n) is 6.15. The van der Waals surface area contributed by atoms with Gasteiger partial charge in [0.05, 0.1) is 16.7 Å². The molecule has 1 aliphatic carbocycles. The average Bonchev–Trinajstić information content (AvgIpc) is 3.08. The number of hydrogen-bond acceptors (Lipinski definition) is 5. The fourth-order valence-electron chi connectivity index (χ4n) is 4.43. The zero-order chi connectivity index (χ0) is 23.5. The number of rotatable bonds is 6. The van der Waals surface area contributed by atoms with Crippen molar-refractivity contribution in [3.8, 4) is 0 Å². The molecule has 0 spiro atoms. The summed E-state index contributed by atoms with van der Waals surface area (Å²) in [6, 6.07) is 9.77. The van der Waals surface area contributed by atoms with Gasteiger partial charge in [-0.15, -0.1) is 0 Å². The predicted octanol–water partition coefficient (Wildman–Crippen LogP) is 4.74. The number of carbonyl (C=O) groups is 4. The van der Waals surface area contributed by atoms with Gasteiger partial charge in [0, 0.05) is 16.2 Å². The van der Waals surface area contributed by atoms with Crippen LogP contribution in [0.2, 0.25) is 0 Å². The number of halogens is 1. The van der Waals surface area contributed by atoms with Crippen molar-refractivity contribution < 1.29 is 23.9 Å². The SMILES string of the molecule is CCc1cc(Br)ccc1NC(=O)COC(=O)c1ccc2c(c1)C(=O)N(C1CCCCC1)C2=O. The molecule has 4 rings (SSSR count). The molecule has 8 heteroatoms. The van der Waals surface area contributed by atoms with Gasteiger partial charge in [0.15, 0.2) is 6.61 Å². The molecule has 2 aliphatic rings. The summed E-state index contributed by atoms with van der Waals surface area (Å²) in [5, 5.41) is 2.75. The van der Waals surface area contributed by atoms with E-state index in [2.05, 4.69) is 21.2 Å². The number of carbonyl (C=O) groups excluding carboxylic acids is 4. The molecule has 2 aromatic carbocycles. The van der Waals surface area contributed by atoms with E-state index in [9.17, 15) is 19.2 Å². The molecule has 172 valence electrons. The molecule has 1 N–H and O–H groups in total. The second-order valence-corrected chi connectivity index (χ2v) is 9.23. The maximum atomic E-state index is 12.9. The highest BCUT2D eigenvalue weighted by molar-refractivity contribution is 9.10. The molecule has 0 saturated heterocycles. The minimum Gasteiger partial charge on any atom is -0.452 e. The number of hydrogen-bond donors (Lipinski definition) is 1. The lowest BCUT2D eigenvalue weighted by Gasteiger charge is -2.29. The van der Waals surface area contributed by atoms with Gasteiger partial charge in [0.25, 0.3) is 17.7 Å². The fourth-order valence-corrected chi connectivity index (χ4v) is 4.84. The van der Waals surface area contributed by atoms with Crippen molar-refractivity contribution in [2.24, 2.45) is 0 Å². The molecule has 1 saturated carbocycles. The summed E-state index contributed by atoms with van der Waals surface area (Å²) in [5.74, 6) is -1.86. The first-order chi connectivity index (χ1) is 15.9. The number of aryl methyl sites for hydroxylation is 1. The topological polar surface area (TPSA) is 92.8 Å². The molecule has 0 aromatic heterocycles. The van der Waals surface area contributed by atoms with Crippen LogP contribution in [0.25, 0.3) is 0 Å². The van der Waals surface area contributed by atoms with Gasteiger partial charge in [-0.2, -0.15) is 0 Å². The van der Waals surface area contributed by atoms with E-state index in [1.165, 1.54) is 23.1 Å². The lowest BCUT2D eigenvalue weighted by Crippen LogP contribution is -2.40. The Balaban J connectivity index is 1.40. The van der Waals surface area contributed by atoms with Gasteiger partial charge in [-0.1, -0.05) is 42.1 Å². The van der Waals surface area contributed by atoms with Crippen molar-refractivity contribution in [1.29, 1.82) is 0 Å². The van der Waals surface area contributed by atoms with Crippen molar-refractivity contribution in [2.45, 2.75) is 51.5 Å². The smallest absolute Gasteiger partial charge is 0.338 e. The van der Waals surface area contributed by atoms with Gasteiger partial charge in [-0.25, -0.2) is 4.79 Å². The van der Waals surface area contributed by atoms with E-state index in [1.54, 1.807) is 6.07 Å². The Morgan fingerprint density at radius 3 is 2.48 bits per heavy atom. The number of fused-ring (bicyclic) bond motifs is 1. The predicted molar refractivity (Wildman–Crippen MR) is 126 cm³/mol. The average molecular weight is 513 g/mol. The van der Waals surface area contributed by atoms with Crippen LogP contribution < -0.4 is 5.32 Å². The number of ether oxygens (including phenoxy) is 1. The van der Waals surface area contributed by atoms with E-state index in [0.717, 1.165) is 48.6 Å². The van der Waals surface area contributed by atoms with Crippen molar-refractivity contribution in [3.63, 3.8) is 0 Å². The van der Waals surface area contributed by atoms with Crippen LogP contribution in [0.1, 0.15) is 75.7 Å². The van der Waals surface area contributed by atoms with Crippen LogP contribution in [0.4, 0.5) is 5.69 Å². The van der Waals surface area contributed by atoms with Crippen molar-refractivity contribution >= 4 is 45.3 Å². The Labute approximate surface area is 200 Å². The molecule has 0 atom stereocenters. The quantitative estimate of drug-likeness (QED) is 0.445. The van der Waals surface area contributed by atoms with Crippen LogP contribution in [-0.2, 0) is 16.0 Å². The van der Waals surface area contributed by atoms with Gasteiger partial charge in [-0.3, -0.25) is 19.3 Å². The summed E-state index contributed by atoms with van der Waals surface area (Å²) in [6.07, 6.45) is 5.47. The third kappa shape index (κ3) is 4.85. The van der Waals surface area contributed by atoms with E-state index in [4.69, 9.17) is 4.74 Å². The molecular weight excluding hydrogens is 488 g/mol. The molecule has 0 radical (unpaired) electrons. The maximum absolute atomic E-state index is 12.9. The first kappa shape index (κ1) is 23.2. The molecule has 1 fully saturated rings. The van der Waals surface area contributed by atoms with Crippen molar-refractivity contribution in [3.05, 3.63) is 63.1 Å². The Morgan fingerprint density at radius 1 is 1.03 bits per heavy atom. The first-order valence-corrected chi connectivity index (χ1v) is 12.0. The van der Waals surface area contributed by atoms with Gasteiger partial charge < -0.3 is 10.1 Å². The maximum Gasteiger partial charge on any atom is 0.338 e. The molecule has 1 aliphatic heterocycles. The Hall–Kier alpha value is -3.00. The van der Waals surface area contributed by atoms with E-state index in [-0.39, 0.29) is 29.0 Å². The Kier molecular flexibility index (Phi) is 6.93. The number of amides is 3. The summed E-state index contributed by atoms with van der Waals surface area (Å²) >= 11 is 3.40. The highest BCUT2D eigenvalue weighted by atomic mass is 79.9. The number of anilines is 1. The lowest BCUT2D eigenvalue weighted by atomic mass is 9.94. The second kappa shape index (κ2) is 9.87. The van der Waals surface area contributed by atoms with E-state index >= 15 is 0 Å². The second-order valence-electron chi connectivity index (χ2n) is 8.31. The van der Waals surface area contributed by atoms with Crippen LogP contribution in [0, 0.1) is 0 Å². The minimum atomic E-state index is -0.726. The van der Waals surface area contributed by atoms with Gasteiger partial charge in [0.2, 0.25) is 0 Å². The normalized spacial score (nSPS) is 16.0. The molecule has 0 bridgehead atoms. The summed E-state index contributed by atoms with van der Waals surface area (Å²) in [5.41, 5.74) is 2.26. The molecule has 3 amide bonds. The molecular formula is C25H25BrN2O5. The summed E-state index contributed by atoms with van der Waals surface area (Å²) in [6.45, 7) is 1.52. The number of nitrogens with one attached hydrogen (secondary N) is 1. The summed E-state index contributed by atoms with van der Waals surface area (Å²) in [7, 11) is 0. The molecule has 2 aromatic rings. The highest BCUT2D eigenvalue weighted by Crippen LogP contribution is 2.31. The van der Waals surface area contributed by atoms with Crippen LogP contribution in [-0.4, -0.2) is 41.2 Å². The Morgan fingerprint density at radius 2 is 1.76 bits per heavy atom. The first-order valence-electron chi connectivity index (χ1n) is 11.2. The van der Waals surface area contributed by atoms with Crippen LogP contribution in [0.3, 0.4) is 0 Å². The van der Waals surface area contributed by atoms with E-state index in [1.807, 2.05) is 19.1 Å². The number of benzene rings is 2. The molecule has 33 heavy (non-hydrogen) atoms. The van der Waals surface area contributed by atoms with Crippen LogP contribution in [0.15, 0.2) is 40.9 Å². The Bertz CT molecular complexity index is 1120. The monoisotopic (exact) mass is 512 g/mol. The number of esters is 1. The number of nitrogens with zero attached hydrogens (tertiary/aromatic N) is 1. The number of imide groups is 1. The lowest BCUT2D eigenvalue weighted by molar-refractivity contribution is -0.119. The van der Waals surface area contributed by atoms with E-state index < -0.39 is 18.5 Å². The molecule has 1 heterocycles. The zero-order valence-electron chi connectivity index (χ0n) is 18.4. The fraction of sp³-hybridized carbons (Fsp3) is 0.360.